The monoisotopic (exact) mass is 693 g/mol. The number of benzene rings is 8. The molecule has 8 aromatic carbocycles. The number of ether oxygens (including phenoxy) is 2. The third kappa shape index (κ3) is 4.35. The Morgan fingerprint density at radius 2 is 0.887 bits per heavy atom. The maximum atomic E-state index is 6.77. The van der Waals surface area contributed by atoms with E-state index in [-0.39, 0.29) is 6.71 Å². The Morgan fingerprint density at radius 3 is 1.45 bits per heavy atom. The fraction of sp³-hybridized carbons (Fsp3) is 0. The fourth-order valence-electron chi connectivity index (χ4n) is 9.15. The molecular formula is C48H32BNO2Si. The summed E-state index contributed by atoms with van der Waals surface area (Å²) in [6, 6.07) is 70.5. The third-order valence-electron chi connectivity index (χ3n) is 11.3. The van der Waals surface area contributed by atoms with E-state index in [0.717, 1.165) is 56.1 Å². The lowest BCUT2D eigenvalue weighted by Crippen LogP contribution is -2.74. The van der Waals surface area contributed by atoms with Gasteiger partial charge in [0, 0.05) is 28.4 Å². The van der Waals surface area contributed by atoms with Gasteiger partial charge in [-0.15, -0.1) is 0 Å². The summed E-state index contributed by atoms with van der Waals surface area (Å²) in [7, 11) is -2.85. The average Bonchev–Trinajstić information content (AvgIpc) is 3.57. The summed E-state index contributed by atoms with van der Waals surface area (Å²) in [4.78, 5) is 0. The van der Waals surface area contributed by atoms with Crippen molar-refractivity contribution >= 4 is 73.7 Å². The number of rotatable bonds is 5. The minimum Gasteiger partial charge on any atom is -0.458 e. The van der Waals surface area contributed by atoms with Crippen molar-refractivity contribution in [3.05, 3.63) is 194 Å². The van der Waals surface area contributed by atoms with Gasteiger partial charge in [0.2, 0.25) is 0 Å². The van der Waals surface area contributed by atoms with Crippen LogP contribution in [0, 0.1) is 0 Å². The highest BCUT2D eigenvalue weighted by Crippen LogP contribution is 2.39. The molecular weight excluding hydrogens is 661 g/mol. The lowest BCUT2D eigenvalue weighted by molar-refractivity contribution is 0.464. The van der Waals surface area contributed by atoms with Gasteiger partial charge in [0.25, 0.3) is 6.71 Å². The fourth-order valence-corrected chi connectivity index (χ4v) is 14.1. The van der Waals surface area contributed by atoms with Gasteiger partial charge in [-0.05, 0) is 55.9 Å². The molecule has 0 aliphatic carbocycles. The second kappa shape index (κ2) is 11.7. The van der Waals surface area contributed by atoms with Crippen molar-refractivity contribution in [1.82, 2.24) is 4.57 Å². The molecule has 9 aromatic rings. The van der Waals surface area contributed by atoms with Gasteiger partial charge in [-0.1, -0.05) is 158 Å². The van der Waals surface area contributed by atoms with E-state index in [9.17, 15) is 0 Å². The molecule has 11 rings (SSSR count). The zero-order valence-corrected chi connectivity index (χ0v) is 29.8. The predicted molar refractivity (Wildman–Crippen MR) is 222 cm³/mol. The van der Waals surface area contributed by atoms with Crippen LogP contribution in [-0.4, -0.2) is 19.4 Å². The summed E-state index contributed by atoms with van der Waals surface area (Å²) in [5.41, 5.74) is 6.70. The molecule has 0 spiro atoms. The smallest absolute Gasteiger partial charge is 0.260 e. The van der Waals surface area contributed by atoms with Gasteiger partial charge in [-0.25, -0.2) is 0 Å². The molecule has 0 saturated heterocycles. The minimum atomic E-state index is -2.85. The Hall–Kier alpha value is -6.56. The Balaban J connectivity index is 1.23. The molecule has 3 nitrogen and oxygen atoms in total. The molecule has 248 valence electrons. The quantitative estimate of drug-likeness (QED) is 0.145. The number of hydrogen-bond acceptors (Lipinski definition) is 2. The summed E-state index contributed by atoms with van der Waals surface area (Å²) in [6.07, 6.45) is 0. The SMILES string of the molecule is c1ccc([Si](c2ccccc2)(c2ccccc2)c2cccc3c2c2ccccc2n3-c2cc3c4c(c2)Oc2ccccc2B4c2ccccc2O3)cc1. The van der Waals surface area contributed by atoms with Gasteiger partial charge < -0.3 is 14.0 Å². The molecule has 1 aromatic heterocycles. The molecule has 0 fully saturated rings. The first kappa shape index (κ1) is 30.1. The molecule has 0 unspecified atom stereocenters. The van der Waals surface area contributed by atoms with Crippen LogP contribution >= 0.6 is 0 Å². The highest BCUT2D eigenvalue weighted by molar-refractivity contribution is 7.20. The van der Waals surface area contributed by atoms with E-state index in [1.165, 1.54) is 31.5 Å². The van der Waals surface area contributed by atoms with Crippen LogP contribution in [-0.2, 0) is 0 Å². The molecule has 0 atom stereocenters. The van der Waals surface area contributed by atoms with Crippen molar-refractivity contribution < 1.29 is 9.47 Å². The maximum Gasteiger partial charge on any atom is 0.260 e. The highest BCUT2D eigenvalue weighted by atomic mass is 28.3. The summed E-state index contributed by atoms with van der Waals surface area (Å²) < 4.78 is 15.9. The van der Waals surface area contributed by atoms with Gasteiger partial charge in [0.05, 0.1) is 16.7 Å². The first-order valence-electron chi connectivity index (χ1n) is 18.2. The van der Waals surface area contributed by atoms with E-state index in [0.29, 0.717) is 0 Å². The number of fused-ring (bicyclic) bond motifs is 7. The van der Waals surface area contributed by atoms with Gasteiger partial charge in [0.15, 0.2) is 8.07 Å². The third-order valence-corrected chi connectivity index (χ3v) is 16.1. The van der Waals surface area contributed by atoms with Crippen molar-refractivity contribution in [3.8, 4) is 28.7 Å². The van der Waals surface area contributed by atoms with Gasteiger partial charge in [-0.3, -0.25) is 0 Å². The second-order valence-electron chi connectivity index (χ2n) is 14.0. The van der Waals surface area contributed by atoms with Gasteiger partial charge in [0.1, 0.15) is 23.0 Å². The zero-order valence-electron chi connectivity index (χ0n) is 28.8. The van der Waals surface area contributed by atoms with Crippen molar-refractivity contribution in [2.75, 3.05) is 0 Å². The topological polar surface area (TPSA) is 23.4 Å². The number of aromatic nitrogens is 1. The summed E-state index contributed by atoms with van der Waals surface area (Å²) in [6.45, 7) is 0.0305. The van der Waals surface area contributed by atoms with Crippen LogP contribution in [0.25, 0.3) is 27.5 Å². The van der Waals surface area contributed by atoms with Crippen molar-refractivity contribution in [1.29, 1.82) is 0 Å². The van der Waals surface area contributed by atoms with Crippen molar-refractivity contribution in [2.24, 2.45) is 0 Å². The predicted octanol–water partition coefficient (Wildman–Crippen LogP) is 6.89. The largest absolute Gasteiger partial charge is 0.458 e. The van der Waals surface area contributed by atoms with Crippen LogP contribution in [0.5, 0.6) is 23.0 Å². The van der Waals surface area contributed by atoms with E-state index in [1.54, 1.807) is 0 Å². The minimum absolute atomic E-state index is 0.0305. The molecule has 5 heteroatoms. The molecule has 0 bridgehead atoms. The van der Waals surface area contributed by atoms with Crippen LogP contribution in [0.1, 0.15) is 0 Å². The van der Waals surface area contributed by atoms with E-state index in [1.807, 2.05) is 0 Å². The second-order valence-corrected chi connectivity index (χ2v) is 17.7. The van der Waals surface area contributed by atoms with E-state index < -0.39 is 8.07 Å². The molecule has 2 aliphatic rings. The van der Waals surface area contributed by atoms with E-state index >= 15 is 0 Å². The molecule has 53 heavy (non-hydrogen) atoms. The molecule has 0 amide bonds. The van der Waals surface area contributed by atoms with Crippen molar-refractivity contribution in [2.45, 2.75) is 0 Å². The highest BCUT2D eigenvalue weighted by Gasteiger charge is 2.44. The van der Waals surface area contributed by atoms with Gasteiger partial charge in [-0.2, -0.15) is 0 Å². The van der Waals surface area contributed by atoms with E-state index in [2.05, 4.69) is 199 Å². The normalized spacial score (nSPS) is 12.8. The van der Waals surface area contributed by atoms with Crippen LogP contribution in [0.3, 0.4) is 0 Å². The summed E-state index contributed by atoms with van der Waals surface area (Å²) in [5, 5.41) is 7.91. The zero-order chi connectivity index (χ0) is 34.9. The molecule has 2 aliphatic heterocycles. The van der Waals surface area contributed by atoms with Crippen LogP contribution in [0.4, 0.5) is 0 Å². The van der Waals surface area contributed by atoms with Crippen LogP contribution < -0.4 is 46.6 Å². The number of hydrogen-bond donors (Lipinski definition) is 0. The first-order valence-corrected chi connectivity index (χ1v) is 20.2. The lowest BCUT2D eigenvalue weighted by atomic mass is 9.35. The molecule has 0 N–H and O–H groups in total. The number of nitrogens with zero attached hydrogens (tertiary/aromatic N) is 1. The molecule has 0 saturated carbocycles. The summed E-state index contributed by atoms with van der Waals surface area (Å²) in [5.74, 6) is 3.44. The Kier molecular flexibility index (Phi) is 6.67. The summed E-state index contributed by atoms with van der Waals surface area (Å²) >= 11 is 0. The number of para-hydroxylation sites is 3. The first-order chi connectivity index (χ1) is 26.3. The van der Waals surface area contributed by atoms with Crippen molar-refractivity contribution in [3.63, 3.8) is 0 Å². The molecule has 3 heterocycles. The molecule has 0 radical (unpaired) electrons. The van der Waals surface area contributed by atoms with E-state index in [4.69, 9.17) is 9.47 Å². The lowest BCUT2D eigenvalue weighted by Gasteiger charge is -2.35. The Morgan fingerprint density at radius 1 is 0.415 bits per heavy atom. The Bertz CT molecular complexity index is 2690. The standard InChI is InChI=1S/C48H32BNO2Si/c1-4-17-34(18-5-1)53(35-19-6-2-7-20-35,36-21-8-3-9-22-36)46-30-16-27-41-47(46)37-23-10-13-26-40(37)50(41)33-31-44-48-45(32-33)52-43-29-15-12-25-39(43)49(48)38-24-11-14-28-42(38)51-44/h1-32H. The average molecular weight is 694 g/mol. The van der Waals surface area contributed by atoms with Gasteiger partial charge >= 0.3 is 0 Å². The maximum absolute atomic E-state index is 6.77. The van der Waals surface area contributed by atoms with Crippen LogP contribution in [0.2, 0.25) is 0 Å². The Labute approximate surface area is 309 Å². The van der Waals surface area contributed by atoms with Crippen LogP contribution in [0.15, 0.2) is 194 Å².